The lowest BCUT2D eigenvalue weighted by Gasteiger charge is -2.15. The number of carbonyl (C=O) groups excluding carboxylic acids is 2. The molecule has 2 rings (SSSR count). The Labute approximate surface area is 111 Å². The van der Waals surface area contributed by atoms with Crippen LogP contribution in [-0.2, 0) is 15.8 Å². The minimum absolute atomic E-state index is 0.0106. The number of rotatable bonds is 2. The molecule has 1 aromatic carbocycles. The largest absolute Gasteiger partial charge is 0.416 e. The van der Waals surface area contributed by atoms with Crippen LogP contribution in [0.5, 0.6) is 0 Å². The monoisotopic (exact) mass is 291 g/mol. The summed E-state index contributed by atoms with van der Waals surface area (Å²) in [5.41, 5.74) is -0.695. The first-order valence-corrected chi connectivity index (χ1v) is 5.98. The Balaban J connectivity index is 2.28. The average Bonchev–Trinajstić information content (AvgIpc) is 2.63. The molecular formula is C12H9ClF3NO2. The van der Waals surface area contributed by atoms with Gasteiger partial charge in [-0.1, -0.05) is 0 Å². The second-order valence-electron chi connectivity index (χ2n) is 4.17. The lowest BCUT2D eigenvalue weighted by atomic mass is 10.1. The molecule has 1 fully saturated rings. The van der Waals surface area contributed by atoms with Crippen molar-refractivity contribution in [3.8, 4) is 0 Å². The summed E-state index contributed by atoms with van der Waals surface area (Å²) in [5.74, 6) is -1.51. The third-order valence-electron chi connectivity index (χ3n) is 2.88. The Kier molecular flexibility index (Phi) is 3.54. The van der Waals surface area contributed by atoms with Gasteiger partial charge in [-0.25, -0.2) is 0 Å². The van der Waals surface area contributed by atoms with Gasteiger partial charge in [-0.3, -0.25) is 14.5 Å². The predicted octanol–water partition coefficient (Wildman–Crippen LogP) is 2.82. The van der Waals surface area contributed by atoms with Crippen LogP contribution in [0.2, 0.25) is 0 Å². The highest BCUT2D eigenvalue weighted by Gasteiger charge is 2.39. The van der Waals surface area contributed by atoms with Crippen LogP contribution in [0.15, 0.2) is 24.3 Å². The van der Waals surface area contributed by atoms with Crippen LogP contribution in [0.1, 0.15) is 12.0 Å². The van der Waals surface area contributed by atoms with Gasteiger partial charge in [-0.15, -0.1) is 11.6 Å². The van der Waals surface area contributed by atoms with Crippen LogP contribution in [-0.4, -0.2) is 17.7 Å². The first-order valence-electron chi connectivity index (χ1n) is 5.44. The predicted molar refractivity (Wildman–Crippen MR) is 62.8 cm³/mol. The zero-order valence-corrected chi connectivity index (χ0v) is 10.3. The number of amides is 2. The van der Waals surface area contributed by atoms with Crippen LogP contribution >= 0.6 is 11.6 Å². The summed E-state index contributed by atoms with van der Waals surface area (Å²) >= 11 is 5.56. The molecule has 102 valence electrons. The highest BCUT2D eigenvalue weighted by atomic mass is 35.5. The number of alkyl halides is 4. The van der Waals surface area contributed by atoms with Gasteiger partial charge in [-0.2, -0.15) is 13.2 Å². The SMILES string of the molecule is O=C1CC(CCl)C(=O)N1c1ccc(C(F)(F)F)cc1. The van der Waals surface area contributed by atoms with E-state index < -0.39 is 29.5 Å². The van der Waals surface area contributed by atoms with Crippen molar-refractivity contribution in [2.75, 3.05) is 10.8 Å². The maximum Gasteiger partial charge on any atom is 0.416 e. The minimum atomic E-state index is -4.45. The van der Waals surface area contributed by atoms with Gasteiger partial charge in [0.05, 0.1) is 17.2 Å². The van der Waals surface area contributed by atoms with Crippen molar-refractivity contribution < 1.29 is 22.8 Å². The molecular weight excluding hydrogens is 283 g/mol. The molecule has 1 atom stereocenters. The molecule has 0 radical (unpaired) electrons. The third-order valence-corrected chi connectivity index (χ3v) is 3.25. The van der Waals surface area contributed by atoms with E-state index in [1.165, 1.54) is 0 Å². The molecule has 2 amide bonds. The molecule has 0 saturated carbocycles. The van der Waals surface area contributed by atoms with Crippen molar-refractivity contribution in [2.45, 2.75) is 12.6 Å². The van der Waals surface area contributed by atoms with Crippen LogP contribution < -0.4 is 4.90 Å². The zero-order valence-electron chi connectivity index (χ0n) is 9.58. The van der Waals surface area contributed by atoms with E-state index in [-0.39, 0.29) is 18.0 Å². The molecule has 0 spiro atoms. The Morgan fingerprint density at radius 1 is 1.21 bits per heavy atom. The molecule has 0 aromatic heterocycles. The third kappa shape index (κ3) is 2.58. The Morgan fingerprint density at radius 3 is 2.21 bits per heavy atom. The van der Waals surface area contributed by atoms with E-state index in [1.54, 1.807) is 0 Å². The smallest absolute Gasteiger partial charge is 0.274 e. The number of benzene rings is 1. The molecule has 1 aromatic rings. The first kappa shape index (κ1) is 13.9. The molecule has 1 aliphatic heterocycles. The van der Waals surface area contributed by atoms with Crippen molar-refractivity contribution >= 4 is 29.1 Å². The van der Waals surface area contributed by atoms with Crippen LogP contribution in [0, 0.1) is 5.92 Å². The number of carbonyl (C=O) groups is 2. The lowest BCUT2D eigenvalue weighted by Crippen LogP contribution is -2.30. The number of nitrogens with zero attached hydrogens (tertiary/aromatic N) is 1. The van der Waals surface area contributed by atoms with Crippen molar-refractivity contribution in [3.05, 3.63) is 29.8 Å². The van der Waals surface area contributed by atoms with E-state index in [4.69, 9.17) is 11.6 Å². The maximum atomic E-state index is 12.4. The van der Waals surface area contributed by atoms with E-state index in [0.717, 1.165) is 29.2 Å². The standard InChI is InChI=1S/C12H9ClF3NO2/c13-6-7-5-10(18)17(11(7)19)9-3-1-8(2-4-9)12(14,15)16/h1-4,7H,5-6H2. The lowest BCUT2D eigenvalue weighted by molar-refractivity contribution is -0.137. The second kappa shape index (κ2) is 4.85. The molecule has 1 unspecified atom stereocenters. The highest BCUT2D eigenvalue weighted by molar-refractivity contribution is 6.25. The topological polar surface area (TPSA) is 37.4 Å². The van der Waals surface area contributed by atoms with Gasteiger partial charge >= 0.3 is 6.18 Å². The van der Waals surface area contributed by atoms with Crippen LogP contribution in [0.3, 0.4) is 0 Å². The van der Waals surface area contributed by atoms with E-state index in [0.29, 0.717) is 0 Å². The van der Waals surface area contributed by atoms with Gasteiger partial charge in [0.1, 0.15) is 0 Å². The number of hydrogen-bond acceptors (Lipinski definition) is 2. The van der Waals surface area contributed by atoms with Gasteiger partial charge in [0.2, 0.25) is 11.8 Å². The maximum absolute atomic E-state index is 12.4. The quantitative estimate of drug-likeness (QED) is 0.621. The van der Waals surface area contributed by atoms with Crippen molar-refractivity contribution in [1.82, 2.24) is 0 Å². The van der Waals surface area contributed by atoms with Gasteiger partial charge in [0.25, 0.3) is 0 Å². The minimum Gasteiger partial charge on any atom is -0.274 e. The molecule has 19 heavy (non-hydrogen) atoms. The normalized spacial score (nSPS) is 20.2. The number of anilines is 1. The Bertz CT molecular complexity index is 513. The summed E-state index contributed by atoms with van der Waals surface area (Å²) in [5, 5.41) is 0. The van der Waals surface area contributed by atoms with Crippen molar-refractivity contribution in [1.29, 1.82) is 0 Å². The van der Waals surface area contributed by atoms with Crippen molar-refractivity contribution in [2.24, 2.45) is 5.92 Å². The van der Waals surface area contributed by atoms with E-state index in [2.05, 4.69) is 0 Å². The number of imide groups is 1. The molecule has 0 bridgehead atoms. The van der Waals surface area contributed by atoms with Gasteiger partial charge in [0.15, 0.2) is 0 Å². The molecule has 3 nitrogen and oxygen atoms in total. The van der Waals surface area contributed by atoms with E-state index >= 15 is 0 Å². The number of halogens is 4. The summed E-state index contributed by atoms with van der Waals surface area (Å²) in [7, 11) is 0. The van der Waals surface area contributed by atoms with Gasteiger partial charge in [0, 0.05) is 12.3 Å². The summed E-state index contributed by atoms with van der Waals surface area (Å²) in [4.78, 5) is 24.4. The fraction of sp³-hybridized carbons (Fsp3) is 0.333. The summed E-state index contributed by atoms with van der Waals surface area (Å²) in [6.45, 7) is 0. The van der Waals surface area contributed by atoms with Gasteiger partial charge in [-0.05, 0) is 24.3 Å². The van der Waals surface area contributed by atoms with E-state index in [1.807, 2.05) is 0 Å². The molecule has 1 heterocycles. The fourth-order valence-corrected chi connectivity index (χ4v) is 2.13. The Hall–Kier alpha value is -1.56. The average molecular weight is 292 g/mol. The molecule has 7 heteroatoms. The molecule has 0 aliphatic carbocycles. The molecule has 0 N–H and O–H groups in total. The first-order chi connectivity index (χ1) is 8.84. The van der Waals surface area contributed by atoms with Crippen LogP contribution in [0.4, 0.5) is 18.9 Å². The van der Waals surface area contributed by atoms with E-state index in [9.17, 15) is 22.8 Å². The molecule has 1 saturated heterocycles. The van der Waals surface area contributed by atoms with Crippen LogP contribution in [0.25, 0.3) is 0 Å². The van der Waals surface area contributed by atoms with Crippen molar-refractivity contribution in [3.63, 3.8) is 0 Å². The van der Waals surface area contributed by atoms with Gasteiger partial charge < -0.3 is 0 Å². The Morgan fingerprint density at radius 2 is 1.79 bits per heavy atom. The highest BCUT2D eigenvalue weighted by Crippen LogP contribution is 2.32. The fourth-order valence-electron chi connectivity index (χ4n) is 1.89. The zero-order chi connectivity index (χ0) is 14.2. The number of hydrogen-bond donors (Lipinski definition) is 0. The molecule has 1 aliphatic rings. The second-order valence-corrected chi connectivity index (χ2v) is 4.48. The summed E-state index contributed by atoms with van der Waals surface area (Å²) in [6, 6.07) is 3.89. The summed E-state index contributed by atoms with van der Waals surface area (Å²) in [6.07, 6.45) is -4.46. The summed E-state index contributed by atoms with van der Waals surface area (Å²) < 4.78 is 37.2.